The van der Waals surface area contributed by atoms with Gasteiger partial charge in [-0.3, -0.25) is 9.88 Å². The molecule has 3 heteroatoms. The molecule has 0 spiro atoms. The van der Waals surface area contributed by atoms with Crippen molar-refractivity contribution >= 4 is 0 Å². The van der Waals surface area contributed by atoms with Crippen molar-refractivity contribution in [2.45, 2.75) is 39.5 Å². The molecule has 0 aliphatic rings. The van der Waals surface area contributed by atoms with Crippen molar-refractivity contribution in [2.75, 3.05) is 7.05 Å². The standard InChI is InChI=1S/C18H25N3/c1-15(2)20-12-16-7-6-8-17(11-16)13-21(3)14-18-9-4-5-10-19-18/h4-11,15,20H,12-14H2,1-3H3. The number of hydrogen-bond acceptors (Lipinski definition) is 3. The lowest BCUT2D eigenvalue weighted by molar-refractivity contribution is 0.315. The monoisotopic (exact) mass is 283 g/mol. The maximum Gasteiger partial charge on any atom is 0.0543 e. The van der Waals surface area contributed by atoms with Crippen LogP contribution in [0.15, 0.2) is 48.7 Å². The minimum atomic E-state index is 0.514. The van der Waals surface area contributed by atoms with Gasteiger partial charge in [0.2, 0.25) is 0 Å². The van der Waals surface area contributed by atoms with Gasteiger partial charge in [-0.25, -0.2) is 0 Å². The molecule has 1 heterocycles. The molecular weight excluding hydrogens is 258 g/mol. The molecule has 0 fully saturated rings. The Morgan fingerprint density at radius 3 is 2.57 bits per heavy atom. The van der Waals surface area contributed by atoms with Gasteiger partial charge in [-0.05, 0) is 30.3 Å². The number of nitrogens with zero attached hydrogens (tertiary/aromatic N) is 2. The summed E-state index contributed by atoms with van der Waals surface area (Å²) >= 11 is 0. The second-order valence-corrected chi connectivity index (χ2v) is 5.85. The molecule has 0 aliphatic heterocycles. The zero-order valence-electron chi connectivity index (χ0n) is 13.2. The molecular formula is C18H25N3. The highest BCUT2D eigenvalue weighted by molar-refractivity contribution is 5.23. The molecule has 0 unspecified atom stereocenters. The smallest absolute Gasteiger partial charge is 0.0543 e. The fourth-order valence-corrected chi connectivity index (χ4v) is 2.30. The third-order valence-electron chi connectivity index (χ3n) is 3.32. The average molecular weight is 283 g/mol. The van der Waals surface area contributed by atoms with Crippen LogP contribution in [-0.4, -0.2) is 23.0 Å². The highest BCUT2D eigenvalue weighted by Gasteiger charge is 2.03. The number of nitrogens with one attached hydrogen (secondary N) is 1. The molecule has 0 radical (unpaired) electrons. The van der Waals surface area contributed by atoms with E-state index < -0.39 is 0 Å². The third kappa shape index (κ3) is 5.66. The Morgan fingerprint density at radius 2 is 1.86 bits per heavy atom. The third-order valence-corrected chi connectivity index (χ3v) is 3.32. The molecule has 0 saturated carbocycles. The van der Waals surface area contributed by atoms with E-state index >= 15 is 0 Å². The SMILES string of the molecule is CC(C)NCc1cccc(CN(C)Cc2ccccn2)c1. The van der Waals surface area contributed by atoms with E-state index in [2.05, 4.69) is 66.4 Å². The van der Waals surface area contributed by atoms with Crippen molar-refractivity contribution in [1.82, 2.24) is 15.2 Å². The fraction of sp³-hybridized carbons (Fsp3) is 0.389. The molecule has 1 aromatic carbocycles. The first kappa shape index (κ1) is 15.7. The van der Waals surface area contributed by atoms with E-state index in [9.17, 15) is 0 Å². The highest BCUT2D eigenvalue weighted by Crippen LogP contribution is 2.09. The number of pyridine rings is 1. The Labute approximate surface area is 128 Å². The summed E-state index contributed by atoms with van der Waals surface area (Å²) in [5.74, 6) is 0. The van der Waals surface area contributed by atoms with Crippen molar-refractivity contribution in [3.05, 3.63) is 65.5 Å². The second-order valence-electron chi connectivity index (χ2n) is 5.85. The minimum absolute atomic E-state index is 0.514. The maximum atomic E-state index is 4.38. The van der Waals surface area contributed by atoms with Crippen LogP contribution in [-0.2, 0) is 19.6 Å². The van der Waals surface area contributed by atoms with Gasteiger partial charge >= 0.3 is 0 Å². The first-order valence-corrected chi connectivity index (χ1v) is 7.53. The van der Waals surface area contributed by atoms with E-state index in [4.69, 9.17) is 0 Å². The van der Waals surface area contributed by atoms with Crippen molar-refractivity contribution in [2.24, 2.45) is 0 Å². The van der Waals surface area contributed by atoms with Gasteiger partial charge in [0.25, 0.3) is 0 Å². The predicted molar refractivity (Wildman–Crippen MR) is 87.8 cm³/mol. The summed E-state index contributed by atoms with van der Waals surface area (Å²) in [6.45, 7) is 7.08. The Balaban J connectivity index is 1.91. The van der Waals surface area contributed by atoms with Crippen LogP contribution in [0.25, 0.3) is 0 Å². The van der Waals surface area contributed by atoms with Gasteiger partial charge in [0.05, 0.1) is 5.69 Å². The van der Waals surface area contributed by atoms with Gasteiger partial charge in [0.15, 0.2) is 0 Å². The molecule has 0 saturated heterocycles. The van der Waals surface area contributed by atoms with E-state index in [0.29, 0.717) is 6.04 Å². The van der Waals surface area contributed by atoms with Gasteiger partial charge in [0.1, 0.15) is 0 Å². The van der Waals surface area contributed by atoms with Crippen LogP contribution in [0.5, 0.6) is 0 Å². The van der Waals surface area contributed by atoms with Crippen LogP contribution >= 0.6 is 0 Å². The summed E-state index contributed by atoms with van der Waals surface area (Å²) in [4.78, 5) is 6.66. The van der Waals surface area contributed by atoms with Gasteiger partial charge in [-0.15, -0.1) is 0 Å². The highest BCUT2D eigenvalue weighted by atomic mass is 15.1. The van der Waals surface area contributed by atoms with E-state index in [1.54, 1.807) is 0 Å². The van der Waals surface area contributed by atoms with E-state index in [0.717, 1.165) is 25.3 Å². The van der Waals surface area contributed by atoms with Crippen molar-refractivity contribution in [3.63, 3.8) is 0 Å². The largest absolute Gasteiger partial charge is 0.310 e. The molecule has 1 N–H and O–H groups in total. The van der Waals surface area contributed by atoms with E-state index in [-0.39, 0.29) is 0 Å². The molecule has 0 bridgehead atoms. The van der Waals surface area contributed by atoms with Gasteiger partial charge in [-0.2, -0.15) is 0 Å². The topological polar surface area (TPSA) is 28.2 Å². The van der Waals surface area contributed by atoms with Crippen LogP contribution in [0.3, 0.4) is 0 Å². The maximum absolute atomic E-state index is 4.38. The lowest BCUT2D eigenvalue weighted by Gasteiger charge is -2.17. The van der Waals surface area contributed by atoms with E-state index in [1.165, 1.54) is 11.1 Å². The fourth-order valence-electron chi connectivity index (χ4n) is 2.30. The molecule has 3 nitrogen and oxygen atoms in total. The Morgan fingerprint density at radius 1 is 1.05 bits per heavy atom. The normalized spacial score (nSPS) is 11.3. The predicted octanol–water partition coefficient (Wildman–Crippen LogP) is 3.21. The van der Waals surface area contributed by atoms with Crippen LogP contribution in [0.4, 0.5) is 0 Å². The van der Waals surface area contributed by atoms with Crippen molar-refractivity contribution < 1.29 is 0 Å². The number of aromatic nitrogens is 1. The van der Waals surface area contributed by atoms with Crippen molar-refractivity contribution in [1.29, 1.82) is 0 Å². The zero-order chi connectivity index (χ0) is 15.1. The number of hydrogen-bond donors (Lipinski definition) is 1. The second kappa shape index (κ2) is 7.91. The average Bonchev–Trinajstić information content (AvgIpc) is 2.46. The summed E-state index contributed by atoms with van der Waals surface area (Å²) in [6, 6.07) is 15.4. The van der Waals surface area contributed by atoms with Crippen LogP contribution < -0.4 is 5.32 Å². The summed E-state index contributed by atoms with van der Waals surface area (Å²) in [7, 11) is 2.13. The lowest BCUT2D eigenvalue weighted by atomic mass is 10.1. The Bertz CT molecular complexity index is 537. The summed E-state index contributed by atoms with van der Waals surface area (Å²) in [5.41, 5.74) is 3.79. The summed E-state index contributed by atoms with van der Waals surface area (Å²) in [6.07, 6.45) is 1.85. The summed E-state index contributed by atoms with van der Waals surface area (Å²) in [5, 5.41) is 3.46. The molecule has 0 amide bonds. The van der Waals surface area contributed by atoms with Crippen LogP contribution in [0, 0.1) is 0 Å². The zero-order valence-corrected chi connectivity index (χ0v) is 13.2. The molecule has 21 heavy (non-hydrogen) atoms. The molecule has 112 valence electrons. The first-order valence-electron chi connectivity index (χ1n) is 7.53. The molecule has 0 atom stereocenters. The minimum Gasteiger partial charge on any atom is -0.310 e. The Hall–Kier alpha value is -1.71. The molecule has 1 aromatic heterocycles. The van der Waals surface area contributed by atoms with Gasteiger partial charge in [-0.1, -0.05) is 44.2 Å². The quantitative estimate of drug-likeness (QED) is 0.845. The lowest BCUT2D eigenvalue weighted by Crippen LogP contribution is -2.22. The van der Waals surface area contributed by atoms with Crippen LogP contribution in [0.1, 0.15) is 30.7 Å². The van der Waals surface area contributed by atoms with E-state index in [1.807, 2.05) is 18.3 Å². The van der Waals surface area contributed by atoms with Crippen LogP contribution in [0.2, 0.25) is 0 Å². The molecule has 2 rings (SSSR count). The first-order chi connectivity index (χ1) is 10.1. The Kier molecular flexibility index (Phi) is 5.90. The molecule has 0 aliphatic carbocycles. The van der Waals surface area contributed by atoms with Gasteiger partial charge in [0, 0.05) is 31.9 Å². The number of rotatable bonds is 7. The van der Waals surface area contributed by atoms with Gasteiger partial charge < -0.3 is 5.32 Å². The van der Waals surface area contributed by atoms with Crippen molar-refractivity contribution in [3.8, 4) is 0 Å². The number of benzene rings is 1. The summed E-state index contributed by atoms with van der Waals surface area (Å²) < 4.78 is 0. The molecule has 2 aromatic rings.